The van der Waals surface area contributed by atoms with Crippen LogP contribution < -0.4 is 16.1 Å². The summed E-state index contributed by atoms with van der Waals surface area (Å²) in [5, 5.41) is 17.1. The number of phenols is 1. The molecule has 11 heteroatoms. The molecule has 11 nitrogen and oxygen atoms in total. The van der Waals surface area contributed by atoms with E-state index in [2.05, 4.69) is 29.2 Å². The second kappa shape index (κ2) is 19.4. The van der Waals surface area contributed by atoms with Gasteiger partial charge in [-0.1, -0.05) is 63.8 Å². The third kappa shape index (κ3) is 12.2. The summed E-state index contributed by atoms with van der Waals surface area (Å²) in [5.41, 5.74) is 3.60. The number of esters is 1. The molecule has 248 valence electrons. The van der Waals surface area contributed by atoms with E-state index in [1.807, 2.05) is 19.9 Å². The Balaban J connectivity index is 2.21. The maximum absolute atomic E-state index is 13.9. The Labute approximate surface area is 267 Å². The lowest BCUT2D eigenvalue weighted by molar-refractivity contribution is -0.153. The van der Waals surface area contributed by atoms with Crippen LogP contribution in [-0.2, 0) is 35.1 Å². The van der Waals surface area contributed by atoms with Crippen molar-refractivity contribution in [3.8, 4) is 5.75 Å². The molecule has 5 atom stereocenters. The average Bonchev–Trinajstić information content (AvgIpc) is 3.02. The predicted molar refractivity (Wildman–Crippen MR) is 173 cm³/mol. The Morgan fingerprint density at radius 1 is 1.13 bits per heavy atom. The van der Waals surface area contributed by atoms with Crippen LogP contribution in [0.25, 0.3) is 0 Å². The van der Waals surface area contributed by atoms with Crippen LogP contribution in [0.5, 0.6) is 5.75 Å². The van der Waals surface area contributed by atoms with Gasteiger partial charge in [-0.15, -0.1) is 6.58 Å². The van der Waals surface area contributed by atoms with Crippen molar-refractivity contribution in [2.75, 3.05) is 20.3 Å². The lowest BCUT2D eigenvalue weighted by atomic mass is 9.96. The van der Waals surface area contributed by atoms with E-state index in [-0.39, 0.29) is 36.7 Å². The largest absolute Gasteiger partial charge is 0.508 e. The van der Waals surface area contributed by atoms with E-state index < -0.39 is 41.8 Å². The highest BCUT2D eigenvalue weighted by molar-refractivity contribution is 5.93. The third-order valence-electron chi connectivity index (χ3n) is 7.68. The Morgan fingerprint density at radius 3 is 2.53 bits per heavy atom. The van der Waals surface area contributed by atoms with Gasteiger partial charge in [0.25, 0.3) is 5.91 Å². The van der Waals surface area contributed by atoms with Crippen LogP contribution in [-0.4, -0.2) is 78.3 Å². The third-order valence-corrected chi connectivity index (χ3v) is 7.68. The zero-order valence-corrected chi connectivity index (χ0v) is 27.0. The maximum Gasteiger partial charge on any atom is 0.324 e. The van der Waals surface area contributed by atoms with Crippen molar-refractivity contribution < 1.29 is 33.8 Å². The Hall–Kier alpha value is -3.96. The molecule has 0 spiro atoms. The van der Waals surface area contributed by atoms with E-state index in [9.17, 15) is 24.3 Å². The molecule has 0 unspecified atom stereocenters. The first kappa shape index (κ1) is 37.2. The van der Waals surface area contributed by atoms with Gasteiger partial charge < -0.3 is 25.2 Å². The highest BCUT2D eigenvalue weighted by atomic mass is 16.5. The minimum Gasteiger partial charge on any atom is -0.508 e. The first-order chi connectivity index (χ1) is 21.5. The number of hydrazine groups is 1. The summed E-state index contributed by atoms with van der Waals surface area (Å²) in [5.74, 6) is -2.57. The van der Waals surface area contributed by atoms with Crippen LogP contribution in [0.2, 0.25) is 0 Å². The zero-order chi connectivity index (χ0) is 33.4. The summed E-state index contributed by atoms with van der Waals surface area (Å²) >= 11 is 0. The van der Waals surface area contributed by atoms with E-state index >= 15 is 0 Å². The van der Waals surface area contributed by atoms with Gasteiger partial charge in [-0.2, -0.15) is 0 Å². The van der Waals surface area contributed by atoms with E-state index in [0.29, 0.717) is 44.2 Å². The number of hydrogen-bond donors (Lipinski definition) is 4. The SMILES string of the molecule is C=C/C=C/CCOC(=O)[C@@H]1CCCN(C(=O)[C@H](Cc2cccc(O)c2)NC(=O)[C@@H](NC(=O)[C@H](C)[C@@H](CCC=C)OC)C(C)C)N1. The lowest BCUT2D eigenvalue weighted by Gasteiger charge is -2.35. The zero-order valence-electron chi connectivity index (χ0n) is 27.0. The van der Waals surface area contributed by atoms with Crippen molar-refractivity contribution in [1.82, 2.24) is 21.1 Å². The van der Waals surface area contributed by atoms with Gasteiger partial charge in [-0.25, -0.2) is 5.43 Å². The number of phenolic OH excluding ortho intramolecular Hbond substituents is 1. The van der Waals surface area contributed by atoms with Crippen molar-refractivity contribution in [1.29, 1.82) is 0 Å². The number of ether oxygens (including phenoxy) is 2. The van der Waals surface area contributed by atoms with Crippen molar-refractivity contribution in [3.05, 3.63) is 67.3 Å². The van der Waals surface area contributed by atoms with Crippen LogP contribution in [0, 0.1) is 11.8 Å². The van der Waals surface area contributed by atoms with Gasteiger partial charge in [0, 0.05) is 20.1 Å². The number of methoxy groups -OCH3 is 1. The summed E-state index contributed by atoms with van der Waals surface area (Å²) in [6, 6.07) is 3.73. The molecule has 1 aliphatic rings. The molecule has 0 aliphatic carbocycles. The number of carbonyl (C=O) groups is 4. The van der Waals surface area contributed by atoms with Gasteiger partial charge in [0.05, 0.1) is 18.6 Å². The number of rotatable bonds is 18. The number of allylic oxidation sites excluding steroid dienone is 3. The van der Waals surface area contributed by atoms with E-state index in [0.717, 1.165) is 0 Å². The van der Waals surface area contributed by atoms with Gasteiger partial charge >= 0.3 is 5.97 Å². The molecule has 3 amide bonds. The molecule has 4 N–H and O–H groups in total. The summed E-state index contributed by atoms with van der Waals surface area (Å²) in [6.45, 7) is 13.2. The molecule has 0 radical (unpaired) electrons. The lowest BCUT2D eigenvalue weighted by Crippen LogP contribution is -2.62. The monoisotopic (exact) mass is 626 g/mol. The fourth-order valence-corrected chi connectivity index (χ4v) is 5.05. The Kier molecular flexibility index (Phi) is 16.1. The van der Waals surface area contributed by atoms with Crippen molar-refractivity contribution in [2.24, 2.45) is 11.8 Å². The first-order valence-corrected chi connectivity index (χ1v) is 15.6. The van der Waals surface area contributed by atoms with Crippen molar-refractivity contribution >= 4 is 23.7 Å². The summed E-state index contributed by atoms with van der Waals surface area (Å²) < 4.78 is 10.9. The normalized spacial score (nSPS) is 17.6. The molecular formula is C34H50N4O7. The topological polar surface area (TPSA) is 146 Å². The molecule has 0 bridgehead atoms. The molecule has 1 saturated heterocycles. The number of aromatic hydroxyl groups is 1. The summed E-state index contributed by atoms with van der Waals surface area (Å²) in [6.07, 6.45) is 9.60. The number of nitrogens with one attached hydrogen (secondary N) is 3. The summed E-state index contributed by atoms with van der Waals surface area (Å²) in [7, 11) is 1.54. The second-order valence-electron chi connectivity index (χ2n) is 11.5. The van der Waals surface area contributed by atoms with Crippen molar-refractivity contribution in [2.45, 2.75) is 83.5 Å². The van der Waals surface area contributed by atoms with E-state index in [4.69, 9.17) is 9.47 Å². The highest BCUT2D eigenvalue weighted by Gasteiger charge is 2.36. The predicted octanol–water partition coefficient (Wildman–Crippen LogP) is 3.35. The Bertz CT molecular complexity index is 1180. The quantitative estimate of drug-likeness (QED) is 0.0840. The fraction of sp³-hybridized carbons (Fsp3) is 0.529. The number of hydrogen-bond acceptors (Lipinski definition) is 8. The number of benzene rings is 1. The molecule has 0 saturated carbocycles. The fourth-order valence-electron chi connectivity index (χ4n) is 5.05. The average molecular weight is 627 g/mol. The molecule has 0 aromatic heterocycles. The van der Waals surface area contributed by atoms with Crippen LogP contribution in [0.15, 0.2) is 61.7 Å². The van der Waals surface area contributed by atoms with Crippen LogP contribution in [0.3, 0.4) is 0 Å². The van der Waals surface area contributed by atoms with Gasteiger partial charge in [0.1, 0.15) is 23.9 Å². The molecule has 45 heavy (non-hydrogen) atoms. The van der Waals surface area contributed by atoms with Crippen LogP contribution in [0.4, 0.5) is 0 Å². The van der Waals surface area contributed by atoms with Gasteiger partial charge in [-0.3, -0.25) is 24.2 Å². The standard InChI is InChI=1S/C34H50N4O7/c1-7-9-11-12-20-45-34(43)27-17-14-19-38(37-27)33(42)28(22-25-15-13-16-26(39)21-25)35-32(41)30(23(3)4)36-31(40)24(5)29(44-6)18-10-8-2/h7-9,11,13,15-16,21,23-24,27-30,37,39H,1-2,10,12,14,17-20,22H2,3-6H3,(H,35,41)(H,36,40)/b11-9+/t24-,27+,28+,29-,30+/m1/s1. The molecule has 1 aromatic rings. The first-order valence-electron chi connectivity index (χ1n) is 15.6. The second-order valence-corrected chi connectivity index (χ2v) is 11.5. The van der Waals surface area contributed by atoms with Crippen LogP contribution >= 0.6 is 0 Å². The molecule has 2 rings (SSSR count). The minimum absolute atomic E-state index is 0.0253. The van der Waals surface area contributed by atoms with E-state index in [1.165, 1.54) is 17.1 Å². The van der Waals surface area contributed by atoms with Crippen LogP contribution in [0.1, 0.15) is 58.4 Å². The van der Waals surface area contributed by atoms with Crippen molar-refractivity contribution in [3.63, 3.8) is 0 Å². The number of nitrogens with zero attached hydrogens (tertiary/aromatic N) is 1. The molecule has 1 aliphatic heterocycles. The minimum atomic E-state index is -1.06. The summed E-state index contributed by atoms with van der Waals surface area (Å²) in [4.78, 5) is 53.4. The smallest absolute Gasteiger partial charge is 0.324 e. The number of carbonyl (C=O) groups excluding carboxylic acids is 4. The Morgan fingerprint density at radius 2 is 1.89 bits per heavy atom. The van der Waals surface area contributed by atoms with Gasteiger partial charge in [0.2, 0.25) is 11.8 Å². The maximum atomic E-state index is 13.9. The molecule has 1 fully saturated rings. The van der Waals surface area contributed by atoms with Gasteiger partial charge in [0.15, 0.2) is 0 Å². The molecular weight excluding hydrogens is 576 g/mol. The van der Waals surface area contributed by atoms with E-state index in [1.54, 1.807) is 44.4 Å². The molecule has 1 heterocycles. The van der Waals surface area contributed by atoms with Gasteiger partial charge in [-0.05, 0) is 55.7 Å². The number of amides is 3. The molecule has 1 aromatic carbocycles. The highest BCUT2D eigenvalue weighted by Crippen LogP contribution is 2.18.